The molecule has 0 radical (unpaired) electrons. The van der Waals surface area contributed by atoms with Crippen LogP contribution < -0.4 is 11.2 Å². The zero-order valence-electron chi connectivity index (χ0n) is 40.6. The number of nitrogens with one attached hydrogen (secondary N) is 1. The molecule has 1 aromatic rings. The molecule has 5 aliphatic carbocycles. The standard InChI is InChI=1S/C50H73N5O11/c1-28(2)30-15-20-50(27-64-39(57)14-13-38(56)63-26-33-32(53-54-51)23-37(65-33)55-25-29(3)42(59)52-44(55)62)22-21-48(9)31(41(30)50)11-12-35-47(8)18-17-36(66-40(58)24-45(4,5)43(60)61)46(6,7)34(47)16-19-49(35,48)10/h25,30-37,41H,1,11-24,26-27H2,2-10H3,(H,60,61)(H,52,59,62)/t30-,31+,32?,33+,34-,35+,36-,37+,41+,47-,48+,49+,50+/m0/s1. The number of esters is 3. The van der Waals surface area contributed by atoms with Gasteiger partial charge in [-0.1, -0.05) is 51.9 Å². The molecule has 0 amide bonds. The Labute approximate surface area is 387 Å². The molecule has 0 spiro atoms. The number of aromatic nitrogens is 2. The molecule has 16 nitrogen and oxygen atoms in total. The van der Waals surface area contributed by atoms with Crippen LogP contribution in [0.15, 0.2) is 33.1 Å². The van der Waals surface area contributed by atoms with E-state index >= 15 is 0 Å². The number of allylic oxidation sites excluding steroid dienone is 1. The van der Waals surface area contributed by atoms with E-state index in [1.807, 2.05) is 0 Å². The van der Waals surface area contributed by atoms with Crippen molar-refractivity contribution in [3.63, 3.8) is 0 Å². The largest absolute Gasteiger partial charge is 0.481 e. The number of aromatic amines is 1. The molecule has 1 unspecified atom stereocenters. The van der Waals surface area contributed by atoms with E-state index < -0.39 is 58.9 Å². The van der Waals surface area contributed by atoms with Crippen LogP contribution in [0.3, 0.4) is 0 Å². The molecule has 1 aromatic heterocycles. The fraction of sp³-hybridized carbons (Fsp3) is 0.800. The molecule has 0 aromatic carbocycles. The Morgan fingerprint density at radius 2 is 1.64 bits per heavy atom. The van der Waals surface area contributed by atoms with Crippen LogP contribution in [0.2, 0.25) is 0 Å². The van der Waals surface area contributed by atoms with E-state index in [9.17, 15) is 33.9 Å². The number of nitrogens with zero attached hydrogens (tertiary/aromatic N) is 4. The van der Waals surface area contributed by atoms with Crippen molar-refractivity contribution in [3.8, 4) is 0 Å². The Morgan fingerprint density at radius 1 is 0.939 bits per heavy atom. The third kappa shape index (κ3) is 8.55. The summed E-state index contributed by atoms with van der Waals surface area (Å²) in [6.45, 7) is 23.5. The van der Waals surface area contributed by atoms with E-state index in [1.165, 1.54) is 16.3 Å². The molecule has 16 heteroatoms. The molecule has 2 heterocycles. The smallest absolute Gasteiger partial charge is 0.330 e. The minimum atomic E-state index is -1.19. The van der Waals surface area contributed by atoms with Crippen molar-refractivity contribution in [1.82, 2.24) is 9.55 Å². The lowest BCUT2D eigenvalue weighted by Gasteiger charge is -2.73. The lowest BCUT2D eigenvalue weighted by atomic mass is 9.32. The van der Waals surface area contributed by atoms with Gasteiger partial charge in [-0.05, 0) is 143 Å². The average molecular weight is 920 g/mol. The summed E-state index contributed by atoms with van der Waals surface area (Å²) >= 11 is 0. The lowest BCUT2D eigenvalue weighted by Crippen LogP contribution is -2.67. The van der Waals surface area contributed by atoms with Gasteiger partial charge in [0.25, 0.3) is 5.56 Å². The van der Waals surface area contributed by atoms with E-state index in [2.05, 4.69) is 63.1 Å². The number of aryl methyl sites for hydroxylation is 1. The molecule has 1 aliphatic heterocycles. The summed E-state index contributed by atoms with van der Waals surface area (Å²) < 4.78 is 25.0. The fourth-order valence-electron chi connectivity index (χ4n) is 15.1. The Hall–Kier alpha value is -4.43. The Bertz CT molecular complexity index is 2280. The molecule has 364 valence electrons. The number of carboxylic acid groups (broad SMARTS) is 1. The number of carbonyl (C=O) groups is 4. The highest BCUT2D eigenvalue weighted by molar-refractivity contribution is 5.81. The van der Waals surface area contributed by atoms with Crippen molar-refractivity contribution >= 4 is 23.9 Å². The number of hydrogen-bond donors (Lipinski definition) is 2. The first-order valence-electron chi connectivity index (χ1n) is 24.2. The second-order valence-corrected chi connectivity index (χ2v) is 23.2. The van der Waals surface area contributed by atoms with E-state index in [-0.39, 0.29) is 65.5 Å². The van der Waals surface area contributed by atoms with Gasteiger partial charge in [0.15, 0.2) is 0 Å². The number of carboxylic acids is 1. The third-order valence-corrected chi connectivity index (χ3v) is 18.9. The Morgan fingerprint density at radius 3 is 2.30 bits per heavy atom. The minimum Gasteiger partial charge on any atom is -0.481 e. The molecule has 66 heavy (non-hydrogen) atoms. The summed E-state index contributed by atoms with van der Waals surface area (Å²) in [4.78, 5) is 80.8. The molecule has 13 atom stereocenters. The first kappa shape index (κ1) is 49.5. The molecule has 6 fully saturated rings. The fourth-order valence-corrected chi connectivity index (χ4v) is 15.1. The number of aliphatic carboxylic acids is 1. The maximum atomic E-state index is 13.4. The second-order valence-electron chi connectivity index (χ2n) is 23.2. The van der Waals surface area contributed by atoms with Crippen LogP contribution in [-0.2, 0) is 38.1 Å². The molecule has 1 saturated heterocycles. The quantitative estimate of drug-likeness (QED) is 0.0447. The second kappa shape index (κ2) is 17.9. The van der Waals surface area contributed by atoms with E-state index in [4.69, 9.17) is 24.5 Å². The number of azide groups is 1. The highest BCUT2D eigenvalue weighted by Crippen LogP contribution is 2.77. The van der Waals surface area contributed by atoms with Crippen molar-refractivity contribution in [2.24, 2.45) is 67.2 Å². The molecule has 5 saturated carbocycles. The lowest BCUT2D eigenvalue weighted by molar-refractivity contribution is -0.252. The topological polar surface area (TPSA) is 229 Å². The number of rotatable bonds is 14. The maximum absolute atomic E-state index is 13.4. The summed E-state index contributed by atoms with van der Waals surface area (Å²) in [5.41, 5.74) is 7.98. The Balaban J connectivity index is 0.979. The van der Waals surface area contributed by atoms with Gasteiger partial charge in [0.2, 0.25) is 0 Å². The van der Waals surface area contributed by atoms with Crippen LogP contribution in [-0.4, -0.2) is 70.0 Å². The number of carbonyl (C=O) groups excluding carboxylic acids is 3. The van der Waals surface area contributed by atoms with Gasteiger partial charge in [0.05, 0.1) is 37.3 Å². The minimum absolute atomic E-state index is 0.0475. The summed E-state index contributed by atoms with van der Waals surface area (Å²) in [6.07, 6.45) is 9.02. The average Bonchev–Trinajstić information content (AvgIpc) is 3.83. The molecular weight excluding hydrogens is 847 g/mol. The normalized spacial score (nSPS) is 37.7. The van der Waals surface area contributed by atoms with Gasteiger partial charge in [-0.3, -0.25) is 33.5 Å². The zero-order chi connectivity index (χ0) is 48.4. The molecule has 6 aliphatic rings. The maximum Gasteiger partial charge on any atom is 0.330 e. The van der Waals surface area contributed by atoms with Gasteiger partial charge in [-0.15, -0.1) is 0 Å². The number of ether oxygens (including phenoxy) is 4. The predicted molar refractivity (Wildman–Crippen MR) is 244 cm³/mol. The first-order valence-corrected chi connectivity index (χ1v) is 24.2. The van der Waals surface area contributed by atoms with Gasteiger partial charge in [0.1, 0.15) is 25.0 Å². The van der Waals surface area contributed by atoms with Crippen molar-refractivity contribution in [2.45, 2.75) is 177 Å². The van der Waals surface area contributed by atoms with Crippen LogP contribution in [0.1, 0.15) is 157 Å². The molecular formula is C50H73N5O11. The zero-order valence-corrected chi connectivity index (χ0v) is 40.6. The molecule has 2 N–H and O–H groups in total. The van der Waals surface area contributed by atoms with E-state index in [1.54, 1.807) is 20.8 Å². The first-order chi connectivity index (χ1) is 30.8. The number of fused-ring (bicyclic) bond motifs is 7. The van der Waals surface area contributed by atoms with Crippen LogP contribution in [0.5, 0.6) is 0 Å². The summed E-state index contributed by atoms with van der Waals surface area (Å²) in [5.74, 6) is -0.650. The third-order valence-electron chi connectivity index (χ3n) is 18.9. The molecule has 7 rings (SSSR count). The SMILES string of the molecule is C=C(C)[C@@H]1CC[C@]2(COC(=O)CCC(=O)OC[C@H]3O[C@@H](n4cc(C)c(=O)[nH]c4=O)CC3N=[N+]=[N-])CC[C@]3(C)[C@H](CC[C@@H]4[C@@]5(C)CC[C@H](OC(=O)CC(C)(C)C(=O)O)C(C)(C)[C@@H]5CC[C@]43C)[C@@H]12. The monoisotopic (exact) mass is 920 g/mol. The van der Waals surface area contributed by atoms with Crippen LogP contribution in [0.25, 0.3) is 10.4 Å². The van der Waals surface area contributed by atoms with Gasteiger partial charge in [0, 0.05) is 33.9 Å². The van der Waals surface area contributed by atoms with E-state index in [0.717, 1.165) is 64.2 Å². The number of hydrogen-bond acceptors (Lipinski definition) is 11. The molecule has 0 bridgehead atoms. The van der Waals surface area contributed by atoms with Gasteiger partial charge in [-0.25, -0.2) is 4.79 Å². The van der Waals surface area contributed by atoms with Crippen molar-refractivity contribution in [2.75, 3.05) is 13.2 Å². The van der Waals surface area contributed by atoms with Crippen molar-refractivity contribution in [1.29, 1.82) is 0 Å². The van der Waals surface area contributed by atoms with Crippen molar-refractivity contribution < 1.29 is 43.2 Å². The Kier molecular flexibility index (Phi) is 13.4. The van der Waals surface area contributed by atoms with Gasteiger partial charge in [-0.2, -0.15) is 0 Å². The van der Waals surface area contributed by atoms with Gasteiger partial charge < -0.3 is 24.1 Å². The summed E-state index contributed by atoms with van der Waals surface area (Å²) in [6, 6.07) is -0.732. The van der Waals surface area contributed by atoms with E-state index in [0.29, 0.717) is 41.8 Å². The predicted octanol–water partition coefficient (Wildman–Crippen LogP) is 8.75. The van der Waals surface area contributed by atoms with Crippen molar-refractivity contribution in [3.05, 3.63) is 55.2 Å². The van der Waals surface area contributed by atoms with Crippen LogP contribution in [0, 0.1) is 69.0 Å². The van der Waals surface area contributed by atoms with Gasteiger partial charge >= 0.3 is 29.6 Å². The van der Waals surface area contributed by atoms with Crippen LogP contribution in [0.4, 0.5) is 0 Å². The highest BCUT2D eigenvalue weighted by Gasteiger charge is 2.71. The number of H-pyrrole nitrogens is 1. The summed E-state index contributed by atoms with van der Waals surface area (Å²) in [7, 11) is 0. The summed E-state index contributed by atoms with van der Waals surface area (Å²) in [5, 5.41) is 13.4. The highest BCUT2D eigenvalue weighted by atomic mass is 16.6. The van der Waals surface area contributed by atoms with Crippen LogP contribution >= 0.6 is 0 Å².